The van der Waals surface area contributed by atoms with Gasteiger partial charge in [-0.05, 0) is 42.3 Å². The van der Waals surface area contributed by atoms with Crippen molar-refractivity contribution >= 4 is 11.8 Å². The van der Waals surface area contributed by atoms with Crippen molar-refractivity contribution in [1.29, 1.82) is 0 Å². The average molecular weight is 251 g/mol. The maximum absolute atomic E-state index is 3.60. The van der Waals surface area contributed by atoms with E-state index in [1.165, 1.54) is 16.7 Å². The summed E-state index contributed by atoms with van der Waals surface area (Å²) in [6, 6.07) is 7.10. The van der Waals surface area contributed by atoms with Crippen LogP contribution in [0.15, 0.2) is 18.2 Å². The zero-order chi connectivity index (χ0) is 12.8. The first-order chi connectivity index (χ1) is 8.06. The van der Waals surface area contributed by atoms with Crippen molar-refractivity contribution < 1.29 is 0 Å². The van der Waals surface area contributed by atoms with Crippen LogP contribution in [-0.4, -0.2) is 17.5 Å². The first-order valence-corrected chi connectivity index (χ1v) is 7.52. The minimum Gasteiger partial charge on any atom is -0.310 e. The van der Waals surface area contributed by atoms with Crippen molar-refractivity contribution in [3.05, 3.63) is 34.9 Å². The summed E-state index contributed by atoms with van der Waals surface area (Å²) in [4.78, 5) is 0. The molecule has 1 atom stereocenters. The molecule has 1 aromatic carbocycles. The predicted molar refractivity (Wildman–Crippen MR) is 79.9 cm³/mol. The first-order valence-electron chi connectivity index (χ1n) is 6.47. The quantitative estimate of drug-likeness (QED) is 0.817. The molecule has 2 heteroatoms. The van der Waals surface area contributed by atoms with E-state index in [2.05, 4.69) is 58.1 Å². The fraction of sp³-hybridized carbons (Fsp3) is 0.600. The summed E-state index contributed by atoms with van der Waals surface area (Å²) < 4.78 is 0. The van der Waals surface area contributed by atoms with E-state index in [1.54, 1.807) is 0 Å². The molecule has 0 fully saturated rings. The molecule has 0 saturated carbocycles. The number of rotatable bonds is 6. The van der Waals surface area contributed by atoms with Crippen LogP contribution in [0, 0.1) is 13.8 Å². The van der Waals surface area contributed by atoms with Gasteiger partial charge in [0.2, 0.25) is 0 Å². The van der Waals surface area contributed by atoms with Gasteiger partial charge in [0.15, 0.2) is 0 Å². The van der Waals surface area contributed by atoms with Gasteiger partial charge in [0.25, 0.3) is 0 Å². The summed E-state index contributed by atoms with van der Waals surface area (Å²) in [5, 5.41) is 4.30. The van der Waals surface area contributed by atoms with Crippen molar-refractivity contribution in [1.82, 2.24) is 5.32 Å². The molecule has 0 radical (unpaired) electrons. The van der Waals surface area contributed by atoms with E-state index in [4.69, 9.17) is 0 Å². The highest BCUT2D eigenvalue weighted by Crippen LogP contribution is 2.25. The van der Waals surface area contributed by atoms with Gasteiger partial charge in [0.1, 0.15) is 0 Å². The lowest BCUT2D eigenvalue weighted by Gasteiger charge is -2.22. The van der Waals surface area contributed by atoms with Gasteiger partial charge in [-0.1, -0.05) is 39.0 Å². The predicted octanol–water partition coefficient (Wildman–Crippen LogP) is 4.10. The topological polar surface area (TPSA) is 12.0 Å². The van der Waals surface area contributed by atoms with E-state index in [1.807, 2.05) is 11.8 Å². The molecule has 0 heterocycles. The van der Waals surface area contributed by atoms with E-state index in [9.17, 15) is 0 Å². The normalized spacial score (nSPS) is 13.1. The van der Waals surface area contributed by atoms with Crippen LogP contribution in [0.25, 0.3) is 0 Å². The molecule has 0 spiro atoms. The molecule has 1 rings (SSSR count). The van der Waals surface area contributed by atoms with Gasteiger partial charge < -0.3 is 5.32 Å². The van der Waals surface area contributed by atoms with E-state index in [-0.39, 0.29) is 0 Å². The zero-order valence-electron chi connectivity index (χ0n) is 11.7. The van der Waals surface area contributed by atoms with Crippen molar-refractivity contribution in [2.45, 2.75) is 45.9 Å². The molecule has 0 saturated heterocycles. The van der Waals surface area contributed by atoms with Crippen LogP contribution in [-0.2, 0) is 0 Å². The van der Waals surface area contributed by atoms with Crippen LogP contribution in [0.4, 0.5) is 0 Å². The largest absolute Gasteiger partial charge is 0.310 e. The molecule has 17 heavy (non-hydrogen) atoms. The minimum absolute atomic E-state index is 0.479. The Labute approximate surface area is 110 Å². The highest BCUT2D eigenvalue weighted by Gasteiger charge is 2.14. The fourth-order valence-corrected chi connectivity index (χ4v) is 2.82. The Kier molecular flexibility index (Phi) is 6.07. The van der Waals surface area contributed by atoms with Gasteiger partial charge in [0.05, 0.1) is 0 Å². The van der Waals surface area contributed by atoms with E-state index in [0.717, 1.165) is 12.3 Å². The molecular formula is C15H25NS. The zero-order valence-corrected chi connectivity index (χ0v) is 12.5. The molecule has 96 valence electrons. The Morgan fingerprint density at radius 1 is 1.24 bits per heavy atom. The highest BCUT2D eigenvalue weighted by atomic mass is 32.2. The monoisotopic (exact) mass is 251 g/mol. The van der Waals surface area contributed by atoms with Crippen molar-refractivity contribution in [2.75, 3.05) is 12.3 Å². The third-order valence-electron chi connectivity index (χ3n) is 3.07. The first kappa shape index (κ1) is 14.6. The van der Waals surface area contributed by atoms with Gasteiger partial charge >= 0.3 is 0 Å². The molecule has 0 amide bonds. The van der Waals surface area contributed by atoms with Gasteiger partial charge in [0, 0.05) is 11.8 Å². The summed E-state index contributed by atoms with van der Waals surface area (Å²) in [5.41, 5.74) is 4.28. The Bertz CT molecular complexity index is 347. The molecule has 0 aliphatic carbocycles. The lowest BCUT2D eigenvalue weighted by Crippen LogP contribution is -2.24. The third-order valence-corrected chi connectivity index (χ3v) is 4.26. The number of hydrogen-bond acceptors (Lipinski definition) is 2. The summed E-state index contributed by atoms with van der Waals surface area (Å²) in [7, 11) is 0. The lowest BCUT2D eigenvalue weighted by molar-refractivity contribution is 0.602. The minimum atomic E-state index is 0.479. The number of nitrogens with one attached hydrogen (secondary N) is 1. The number of thioether (sulfide) groups is 1. The van der Waals surface area contributed by atoms with Crippen LogP contribution < -0.4 is 5.32 Å². The molecule has 0 bridgehead atoms. The summed E-state index contributed by atoms with van der Waals surface area (Å²) in [6.07, 6.45) is 0. The Morgan fingerprint density at radius 2 is 1.94 bits per heavy atom. The third kappa shape index (κ3) is 4.36. The van der Waals surface area contributed by atoms with Gasteiger partial charge in [-0.25, -0.2) is 0 Å². The van der Waals surface area contributed by atoms with Gasteiger partial charge in [-0.15, -0.1) is 0 Å². The fourth-order valence-electron chi connectivity index (χ4n) is 1.95. The van der Waals surface area contributed by atoms with Crippen molar-refractivity contribution in [3.63, 3.8) is 0 Å². The molecule has 1 N–H and O–H groups in total. The maximum atomic E-state index is 3.60. The second kappa shape index (κ2) is 7.07. The second-order valence-corrected chi connectivity index (χ2v) is 6.39. The van der Waals surface area contributed by atoms with Crippen LogP contribution in [0.2, 0.25) is 0 Å². The number of aryl methyl sites for hydroxylation is 1. The maximum Gasteiger partial charge on any atom is 0.0414 e. The standard InChI is InChI=1S/C15H25NS/c1-6-16-15(10-17-11(2)3)14-9-7-8-12(4)13(14)5/h7-9,11,15-16H,6,10H2,1-5H3. The molecule has 0 aromatic heterocycles. The molecule has 1 unspecified atom stereocenters. The molecular weight excluding hydrogens is 226 g/mol. The molecule has 1 nitrogen and oxygen atoms in total. The molecule has 0 aliphatic heterocycles. The summed E-state index contributed by atoms with van der Waals surface area (Å²) in [6.45, 7) is 12.1. The molecule has 0 aliphatic rings. The summed E-state index contributed by atoms with van der Waals surface area (Å²) >= 11 is 2.03. The average Bonchev–Trinajstić information content (AvgIpc) is 2.28. The Balaban J connectivity index is 2.85. The van der Waals surface area contributed by atoms with Crippen molar-refractivity contribution in [2.24, 2.45) is 0 Å². The lowest BCUT2D eigenvalue weighted by atomic mass is 9.98. The van der Waals surface area contributed by atoms with Gasteiger partial charge in [-0.2, -0.15) is 11.8 Å². The Morgan fingerprint density at radius 3 is 2.53 bits per heavy atom. The van der Waals surface area contributed by atoms with E-state index in [0.29, 0.717) is 11.3 Å². The van der Waals surface area contributed by atoms with E-state index >= 15 is 0 Å². The SMILES string of the molecule is CCNC(CSC(C)C)c1cccc(C)c1C. The number of hydrogen-bond donors (Lipinski definition) is 1. The van der Waals surface area contributed by atoms with Gasteiger partial charge in [-0.3, -0.25) is 0 Å². The second-order valence-electron chi connectivity index (χ2n) is 4.78. The van der Waals surface area contributed by atoms with Crippen LogP contribution >= 0.6 is 11.8 Å². The van der Waals surface area contributed by atoms with Crippen LogP contribution in [0.1, 0.15) is 43.5 Å². The summed E-state index contributed by atoms with van der Waals surface area (Å²) in [5.74, 6) is 1.15. The molecule has 1 aromatic rings. The number of benzene rings is 1. The Hall–Kier alpha value is -0.470. The van der Waals surface area contributed by atoms with Crippen LogP contribution in [0.5, 0.6) is 0 Å². The van der Waals surface area contributed by atoms with Crippen LogP contribution in [0.3, 0.4) is 0 Å². The van der Waals surface area contributed by atoms with E-state index < -0.39 is 0 Å². The van der Waals surface area contributed by atoms with Crippen molar-refractivity contribution in [3.8, 4) is 0 Å². The smallest absolute Gasteiger partial charge is 0.0414 e. The highest BCUT2D eigenvalue weighted by molar-refractivity contribution is 7.99.